The smallest absolute Gasteiger partial charge is 0.220 e. The van der Waals surface area contributed by atoms with Gasteiger partial charge in [-0.2, -0.15) is 0 Å². The third kappa shape index (κ3) is 7.04. The molecule has 0 aliphatic carbocycles. The monoisotopic (exact) mass is 712 g/mol. The average Bonchev–Trinajstić information content (AvgIpc) is 3.83. The quantitative estimate of drug-likeness (QED) is 0.135. The van der Waals surface area contributed by atoms with Crippen LogP contribution in [0.15, 0.2) is 61.2 Å². The summed E-state index contributed by atoms with van der Waals surface area (Å²) in [5, 5.41) is 13.8. The van der Waals surface area contributed by atoms with Crippen LogP contribution in [0.3, 0.4) is 0 Å². The van der Waals surface area contributed by atoms with Crippen molar-refractivity contribution in [3.05, 3.63) is 82.4 Å². The van der Waals surface area contributed by atoms with Crippen molar-refractivity contribution in [2.45, 2.75) is 50.9 Å². The molecular weight excluding hydrogens is 675 g/mol. The third-order valence-corrected chi connectivity index (χ3v) is 10.2. The molecule has 258 valence electrons. The second kappa shape index (κ2) is 14.7. The summed E-state index contributed by atoms with van der Waals surface area (Å²) in [4.78, 5) is 37.1. The van der Waals surface area contributed by atoms with E-state index in [0.29, 0.717) is 66.2 Å². The Bertz CT molecular complexity index is 2080. The number of methoxy groups -OCH3 is 1. The summed E-state index contributed by atoms with van der Waals surface area (Å²) in [6.45, 7) is 2.64. The molecule has 7 rings (SSSR count). The Morgan fingerprint density at radius 1 is 0.820 bits per heavy atom. The van der Waals surface area contributed by atoms with Crippen LogP contribution in [-0.2, 0) is 29.7 Å². The van der Waals surface area contributed by atoms with E-state index in [9.17, 15) is 9.59 Å². The van der Waals surface area contributed by atoms with E-state index in [2.05, 4.69) is 42.0 Å². The molecule has 2 fully saturated rings. The van der Waals surface area contributed by atoms with Gasteiger partial charge in [0, 0.05) is 116 Å². The second-order valence-electron chi connectivity index (χ2n) is 12.8. The number of carbonyl (C=O) groups excluding carboxylic acids is 2. The van der Waals surface area contributed by atoms with Crippen molar-refractivity contribution in [3.63, 3.8) is 0 Å². The second-order valence-corrected chi connectivity index (χ2v) is 13.5. The molecule has 4 N–H and O–H groups in total. The highest BCUT2D eigenvalue weighted by atomic mass is 35.5. The fourth-order valence-electron chi connectivity index (χ4n) is 6.76. The van der Waals surface area contributed by atoms with E-state index in [0.717, 1.165) is 57.3 Å². The molecule has 2 amide bonds. The van der Waals surface area contributed by atoms with Gasteiger partial charge in [-0.3, -0.25) is 24.5 Å². The number of aryl methyl sites for hydroxylation is 1. The van der Waals surface area contributed by atoms with Gasteiger partial charge in [0.15, 0.2) is 0 Å². The van der Waals surface area contributed by atoms with Crippen LogP contribution in [0.25, 0.3) is 44.7 Å². The topological polar surface area (TPSA) is 135 Å². The first kappa shape index (κ1) is 33.9. The fraction of sp³-hybridized carbons (Fsp3) is 0.324. The molecule has 2 saturated heterocycles. The standard InChI is InChI=1S/C37H38Cl2N8O3/c1-47-20-24(16-41-19-26-6-8-32(49)46-26)35-29(47)13-23(17-44-35)37-34(39)28(10-12-43-37)27-9-11-42-36(33(27)38)21-3-4-22(30(14-21)50-2)15-40-18-25-5-7-31(48)45-25/h3-4,9-14,17,20,25-26,40-41H,5-8,15-16,18-19H2,1-2H3,(H,45,48)(H,46,49)/t25-,26+/m1/s1. The Morgan fingerprint density at radius 3 is 2.00 bits per heavy atom. The van der Waals surface area contributed by atoms with E-state index in [4.69, 9.17) is 32.9 Å². The molecule has 0 saturated carbocycles. The van der Waals surface area contributed by atoms with E-state index < -0.39 is 0 Å². The number of nitrogens with one attached hydrogen (secondary N) is 4. The number of fused-ring (bicyclic) bond motifs is 1. The molecule has 1 aromatic carbocycles. The number of nitrogens with zero attached hydrogens (tertiary/aromatic N) is 4. The number of benzene rings is 1. The van der Waals surface area contributed by atoms with E-state index in [1.807, 2.05) is 43.4 Å². The maximum Gasteiger partial charge on any atom is 0.220 e. The zero-order valence-corrected chi connectivity index (χ0v) is 29.4. The van der Waals surface area contributed by atoms with Gasteiger partial charge in [-0.1, -0.05) is 35.3 Å². The van der Waals surface area contributed by atoms with Crippen LogP contribution in [0.5, 0.6) is 5.75 Å². The van der Waals surface area contributed by atoms with Crippen LogP contribution >= 0.6 is 23.2 Å². The summed E-state index contributed by atoms with van der Waals surface area (Å²) in [6, 6.07) is 12.0. The van der Waals surface area contributed by atoms with Crippen molar-refractivity contribution < 1.29 is 14.3 Å². The summed E-state index contributed by atoms with van der Waals surface area (Å²) >= 11 is 14.2. The first-order chi connectivity index (χ1) is 24.3. The number of ether oxygens (including phenoxy) is 1. The first-order valence-electron chi connectivity index (χ1n) is 16.7. The van der Waals surface area contributed by atoms with Crippen LogP contribution in [0.4, 0.5) is 0 Å². The van der Waals surface area contributed by atoms with Crippen molar-refractivity contribution in [2.75, 3.05) is 20.2 Å². The van der Waals surface area contributed by atoms with E-state index in [1.165, 1.54) is 0 Å². The van der Waals surface area contributed by atoms with Crippen molar-refractivity contribution in [1.29, 1.82) is 0 Å². The third-order valence-electron chi connectivity index (χ3n) is 9.39. The summed E-state index contributed by atoms with van der Waals surface area (Å²) in [5.74, 6) is 0.929. The highest BCUT2D eigenvalue weighted by Crippen LogP contribution is 2.41. The van der Waals surface area contributed by atoms with E-state index in [-0.39, 0.29) is 23.9 Å². The molecule has 50 heavy (non-hydrogen) atoms. The molecular formula is C37H38Cl2N8O3. The molecule has 11 nitrogen and oxygen atoms in total. The minimum Gasteiger partial charge on any atom is -0.496 e. The fourth-order valence-corrected chi connectivity index (χ4v) is 7.41. The molecule has 0 radical (unpaired) electrons. The Balaban J connectivity index is 1.11. The van der Waals surface area contributed by atoms with Gasteiger partial charge in [-0.05, 0) is 37.1 Å². The lowest BCUT2D eigenvalue weighted by molar-refractivity contribution is -0.120. The number of hydrogen-bond acceptors (Lipinski definition) is 8. The van der Waals surface area contributed by atoms with Gasteiger partial charge in [0.25, 0.3) is 0 Å². The van der Waals surface area contributed by atoms with Gasteiger partial charge in [0.2, 0.25) is 11.8 Å². The Kier molecular flexibility index (Phi) is 10.0. The molecule has 0 unspecified atom stereocenters. The summed E-state index contributed by atoms with van der Waals surface area (Å²) in [6.07, 6.45) is 10.2. The largest absolute Gasteiger partial charge is 0.496 e. The number of amides is 2. The molecule has 5 aromatic rings. The highest BCUT2D eigenvalue weighted by Gasteiger charge is 2.22. The number of hydrogen-bond donors (Lipinski definition) is 4. The van der Waals surface area contributed by atoms with Crippen LogP contribution in [0.1, 0.15) is 36.8 Å². The number of pyridine rings is 3. The van der Waals surface area contributed by atoms with Crippen LogP contribution < -0.4 is 26.0 Å². The molecule has 4 aromatic heterocycles. The minimum absolute atomic E-state index is 0.104. The van der Waals surface area contributed by atoms with Gasteiger partial charge < -0.3 is 30.6 Å². The van der Waals surface area contributed by atoms with Crippen molar-refractivity contribution in [3.8, 4) is 39.4 Å². The van der Waals surface area contributed by atoms with E-state index >= 15 is 0 Å². The van der Waals surface area contributed by atoms with Crippen molar-refractivity contribution in [1.82, 2.24) is 40.8 Å². The maximum absolute atomic E-state index is 11.5. The zero-order valence-electron chi connectivity index (χ0n) is 27.9. The Morgan fingerprint density at radius 2 is 1.42 bits per heavy atom. The summed E-state index contributed by atoms with van der Waals surface area (Å²) < 4.78 is 7.79. The lowest BCUT2D eigenvalue weighted by atomic mass is 10.0. The molecule has 13 heteroatoms. The van der Waals surface area contributed by atoms with Crippen molar-refractivity contribution in [2.24, 2.45) is 7.05 Å². The number of halogens is 2. The van der Waals surface area contributed by atoms with Gasteiger partial charge in [-0.25, -0.2) is 0 Å². The molecule has 2 aliphatic heterocycles. The Hall–Kier alpha value is -4.55. The van der Waals surface area contributed by atoms with Crippen molar-refractivity contribution >= 4 is 46.0 Å². The van der Waals surface area contributed by atoms with Gasteiger partial charge in [0.05, 0.1) is 39.6 Å². The predicted molar refractivity (Wildman–Crippen MR) is 195 cm³/mol. The van der Waals surface area contributed by atoms with Gasteiger partial charge in [-0.15, -0.1) is 0 Å². The number of aromatic nitrogens is 4. The van der Waals surface area contributed by atoms with Crippen LogP contribution in [0.2, 0.25) is 10.0 Å². The predicted octanol–water partition coefficient (Wildman–Crippen LogP) is 5.42. The highest BCUT2D eigenvalue weighted by molar-refractivity contribution is 6.39. The SMILES string of the molecule is COc1cc(-c2nccc(-c3ccnc(-c4cnc5c(CNC[C@@H]6CCC(=O)N6)cn(C)c5c4)c3Cl)c2Cl)ccc1CNC[C@H]1CCC(=O)N1. The molecule has 0 spiro atoms. The lowest BCUT2D eigenvalue weighted by Crippen LogP contribution is -2.35. The molecule has 2 aliphatic rings. The zero-order chi connectivity index (χ0) is 34.8. The minimum atomic E-state index is 0.104. The van der Waals surface area contributed by atoms with Crippen LogP contribution in [0, 0.1) is 0 Å². The van der Waals surface area contributed by atoms with E-state index in [1.54, 1.807) is 25.7 Å². The van der Waals surface area contributed by atoms with Gasteiger partial charge >= 0.3 is 0 Å². The van der Waals surface area contributed by atoms with Crippen LogP contribution in [-0.4, -0.2) is 63.6 Å². The molecule has 0 bridgehead atoms. The number of carbonyl (C=O) groups is 2. The maximum atomic E-state index is 11.5. The lowest BCUT2D eigenvalue weighted by Gasteiger charge is -2.15. The normalized spacial score (nSPS) is 17.4. The Labute approximate surface area is 300 Å². The average molecular weight is 714 g/mol. The molecule has 2 atom stereocenters. The summed E-state index contributed by atoms with van der Waals surface area (Å²) in [7, 11) is 3.63. The van der Waals surface area contributed by atoms with Gasteiger partial charge in [0.1, 0.15) is 5.75 Å². The molecule has 6 heterocycles. The number of rotatable bonds is 12. The summed E-state index contributed by atoms with van der Waals surface area (Å²) in [5.41, 5.74) is 8.17. The first-order valence-corrected chi connectivity index (χ1v) is 17.5.